The number of hydrogen-bond donors (Lipinski definition) is 1. The molecule has 0 radical (unpaired) electrons. The molecule has 0 amide bonds. The van der Waals surface area contributed by atoms with Crippen LogP contribution in [0.4, 0.5) is 0 Å². The largest absolute Gasteiger partial charge is 0.466 e. The highest BCUT2D eigenvalue weighted by Gasteiger charge is 2.21. The molecule has 2 aromatic heterocycles. The molecule has 5 heteroatoms. The minimum Gasteiger partial charge on any atom is -0.466 e. The molecule has 102 valence electrons. The Morgan fingerprint density at radius 2 is 1.95 bits per heavy atom. The van der Waals surface area contributed by atoms with Gasteiger partial charge in [0.2, 0.25) is 0 Å². The second-order valence-electron chi connectivity index (χ2n) is 4.68. The number of furan rings is 1. The van der Waals surface area contributed by atoms with Crippen LogP contribution in [0.2, 0.25) is 0 Å². The molecule has 0 saturated carbocycles. The molecule has 2 heterocycles. The molecule has 0 aliphatic carbocycles. The maximum atomic E-state index is 10.6. The quantitative estimate of drug-likeness (QED) is 0.793. The molecule has 5 nitrogen and oxygen atoms in total. The lowest BCUT2D eigenvalue weighted by Crippen LogP contribution is -2.08. The lowest BCUT2D eigenvalue weighted by atomic mass is 10.1. The minimum absolute atomic E-state index is 0.611. The molecule has 0 aliphatic heterocycles. The molecule has 0 fully saturated rings. The van der Waals surface area contributed by atoms with Gasteiger partial charge in [-0.25, -0.2) is 4.68 Å². The van der Waals surface area contributed by atoms with Crippen molar-refractivity contribution in [1.82, 2.24) is 15.0 Å². The van der Waals surface area contributed by atoms with Crippen LogP contribution in [-0.4, -0.2) is 20.1 Å². The normalized spacial score (nSPS) is 12.6. The van der Waals surface area contributed by atoms with Crippen molar-refractivity contribution in [3.05, 3.63) is 65.4 Å². The van der Waals surface area contributed by atoms with Crippen LogP contribution in [0.3, 0.4) is 0 Å². The van der Waals surface area contributed by atoms with Crippen molar-refractivity contribution in [2.24, 2.45) is 0 Å². The maximum Gasteiger partial charge on any atom is 0.126 e. The first-order valence-electron chi connectivity index (χ1n) is 6.38. The molecule has 1 aromatic carbocycles. The third kappa shape index (κ3) is 2.12. The smallest absolute Gasteiger partial charge is 0.126 e. The number of aryl methyl sites for hydroxylation is 2. The first kappa shape index (κ1) is 12.6. The summed E-state index contributed by atoms with van der Waals surface area (Å²) in [7, 11) is 0. The molecule has 20 heavy (non-hydrogen) atoms. The van der Waals surface area contributed by atoms with E-state index in [-0.39, 0.29) is 0 Å². The zero-order valence-electron chi connectivity index (χ0n) is 11.3. The highest BCUT2D eigenvalue weighted by molar-refractivity contribution is 5.35. The van der Waals surface area contributed by atoms with Gasteiger partial charge in [0.05, 0.1) is 17.6 Å². The number of aliphatic hydroxyl groups excluding tert-OH is 1. The van der Waals surface area contributed by atoms with Crippen molar-refractivity contribution in [2.75, 3.05) is 0 Å². The van der Waals surface area contributed by atoms with Gasteiger partial charge in [-0.3, -0.25) is 0 Å². The zero-order chi connectivity index (χ0) is 14.1. The Morgan fingerprint density at radius 3 is 2.60 bits per heavy atom. The third-order valence-corrected chi connectivity index (χ3v) is 3.23. The van der Waals surface area contributed by atoms with Gasteiger partial charge in [0.25, 0.3) is 0 Å². The topological polar surface area (TPSA) is 64.1 Å². The van der Waals surface area contributed by atoms with Crippen LogP contribution >= 0.6 is 0 Å². The third-order valence-electron chi connectivity index (χ3n) is 3.23. The highest BCUT2D eigenvalue weighted by atomic mass is 16.3. The van der Waals surface area contributed by atoms with Crippen LogP contribution in [0.5, 0.6) is 0 Å². The summed E-state index contributed by atoms with van der Waals surface area (Å²) in [6, 6.07) is 11.4. The lowest BCUT2D eigenvalue weighted by molar-refractivity contribution is 0.209. The Kier molecular flexibility index (Phi) is 3.12. The van der Waals surface area contributed by atoms with E-state index in [1.165, 1.54) is 0 Å². The van der Waals surface area contributed by atoms with Gasteiger partial charge in [-0.2, -0.15) is 0 Å². The molecule has 1 atom stereocenters. The maximum absolute atomic E-state index is 10.6. The van der Waals surface area contributed by atoms with Gasteiger partial charge in [-0.1, -0.05) is 23.4 Å². The predicted molar refractivity (Wildman–Crippen MR) is 73.6 cm³/mol. The summed E-state index contributed by atoms with van der Waals surface area (Å²) in [5.41, 5.74) is 2.21. The Labute approximate surface area is 116 Å². The Bertz CT molecular complexity index is 716. The van der Waals surface area contributed by atoms with Crippen molar-refractivity contribution in [3.63, 3.8) is 0 Å². The van der Waals surface area contributed by atoms with Gasteiger partial charge >= 0.3 is 0 Å². The fourth-order valence-electron chi connectivity index (χ4n) is 2.28. The van der Waals surface area contributed by atoms with Gasteiger partial charge in [0.15, 0.2) is 0 Å². The number of aliphatic hydroxyl groups is 1. The minimum atomic E-state index is -0.817. The van der Waals surface area contributed by atoms with Crippen LogP contribution in [0.1, 0.15) is 28.9 Å². The number of para-hydroxylation sites is 1. The first-order chi connectivity index (χ1) is 9.66. The van der Waals surface area contributed by atoms with Crippen molar-refractivity contribution in [3.8, 4) is 5.69 Å². The van der Waals surface area contributed by atoms with Gasteiger partial charge in [0, 0.05) is 5.56 Å². The second-order valence-corrected chi connectivity index (χ2v) is 4.68. The number of aromatic nitrogens is 3. The van der Waals surface area contributed by atoms with Crippen LogP contribution in [0.15, 0.2) is 47.0 Å². The number of hydrogen-bond acceptors (Lipinski definition) is 4. The number of rotatable bonds is 3. The van der Waals surface area contributed by atoms with E-state index in [9.17, 15) is 5.11 Å². The molecule has 0 saturated heterocycles. The summed E-state index contributed by atoms with van der Waals surface area (Å²) < 4.78 is 7.10. The summed E-state index contributed by atoms with van der Waals surface area (Å²) in [6.07, 6.45) is 0.752. The van der Waals surface area contributed by atoms with E-state index in [1.807, 2.05) is 50.2 Å². The number of benzene rings is 1. The molecule has 1 unspecified atom stereocenters. The van der Waals surface area contributed by atoms with Crippen molar-refractivity contribution in [2.45, 2.75) is 20.0 Å². The van der Waals surface area contributed by atoms with E-state index < -0.39 is 6.10 Å². The van der Waals surface area contributed by atoms with E-state index >= 15 is 0 Å². The molecule has 0 aliphatic rings. The highest BCUT2D eigenvalue weighted by Crippen LogP contribution is 2.27. The second kappa shape index (κ2) is 4.94. The van der Waals surface area contributed by atoms with E-state index in [1.54, 1.807) is 10.9 Å². The van der Waals surface area contributed by atoms with Crippen molar-refractivity contribution >= 4 is 0 Å². The van der Waals surface area contributed by atoms with Gasteiger partial charge in [-0.05, 0) is 32.0 Å². The molecular formula is C15H15N3O2. The summed E-state index contributed by atoms with van der Waals surface area (Å²) >= 11 is 0. The summed E-state index contributed by atoms with van der Waals surface area (Å²) in [6.45, 7) is 3.69. The van der Waals surface area contributed by atoms with Gasteiger partial charge in [-0.15, -0.1) is 5.10 Å². The van der Waals surface area contributed by atoms with Gasteiger partial charge in [0.1, 0.15) is 17.6 Å². The summed E-state index contributed by atoms with van der Waals surface area (Å²) in [5, 5.41) is 18.5. The zero-order valence-corrected chi connectivity index (χ0v) is 11.3. The number of nitrogens with zero attached hydrogens (tertiary/aromatic N) is 3. The average Bonchev–Trinajstić information content (AvgIpc) is 3.05. The molecular weight excluding hydrogens is 254 g/mol. The van der Waals surface area contributed by atoms with E-state index in [0.29, 0.717) is 11.5 Å². The molecule has 3 aromatic rings. The Hall–Kier alpha value is -2.40. The first-order valence-corrected chi connectivity index (χ1v) is 6.38. The fraction of sp³-hybridized carbons (Fsp3) is 0.200. The van der Waals surface area contributed by atoms with E-state index in [0.717, 1.165) is 17.0 Å². The fourth-order valence-corrected chi connectivity index (χ4v) is 2.28. The molecule has 0 spiro atoms. The Morgan fingerprint density at radius 1 is 1.20 bits per heavy atom. The van der Waals surface area contributed by atoms with E-state index in [2.05, 4.69) is 10.3 Å². The lowest BCUT2D eigenvalue weighted by Gasteiger charge is -2.11. The molecule has 1 N–H and O–H groups in total. The SMILES string of the molecule is Cc1cc(C(O)c2cnnn2-c2ccccc2)c(C)o1. The van der Waals surface area contributed by atoms with Crippen LogP contribution in [-0.2, 0) is 0 Å². The van der Waals surface area contributed by atoms with Gasteiger partial charge < -0.3 is 9.52 Å². The van der Waals surface area contributed by atoms with Crippen LogP contribution in [0, 0.1) is 13.8 Å². The summed E-state index contributed by atoms with van der Waals surface area (Å²) in [5.74, 6) is 1.48. The Balaban J connectivity index is 2.04. The van der Waals surface area contributed by atoms with Crippen LogP contribution in [0.25, 0.3) is 5.69 Å². The molecule has 0 bridgehead atoms. The average molecular weight is 269 g/mol. The summed E-state index contributed by atoms with van der Waals surface area (Å²) in [4.78, 5) is 0. The van der Waals surface area contributed by atoms with Crippen LogP contribution < -0.4 is 0 Å². The predicted octanol–water partition coefficient (Wildman–Crippen LogP) is 2.56. The van der Waals surface area contributed by atoms with E-state index in [4.69, 9.17) is 4.42 Å². The molecule has 3 rings (SSSR count). The standard InChI is InChI=1S/C15H15N3O2/c1-10-8-13(11(2)20-10)15(19)14-9-16-17-18(14)12-6-4-3-5-7-12/h3-9,15,19H,1-2H3. The van der Waals surface area contributed by atoms with Crippen molar-refractivity contribution < 1.29 is 9.52 Å². The van der Waals surface area contributed by atoms with Crippen molar-refractivity contribution in [1.29, 1.82) is 0 Å². The monoisotopic (exact) mass is 269 g/mol.